The van der Waals surface area contributed by atoms with Crippen molar-refractivity contribution < 1.29 is 9.90 Å². The number of anilines is 1. The molecule has 3 rings (SSSR count). The second-order valence-electron chi connectivity index (χ2n) is 5.78. The van der Waals surface area contributed by atoms with E-state index >= 15 is 0 Å². The molecule has 0 aliphatic rings. The van der Waals surface area contributed by atoms with Gasteiger partial charge >= 0.3 is 5.97 Å². The first-order chi connectivity index (χ1) is 11.5. The highest BCUT2D eigenvalue weighted by Gasteiger charge is 2.19. The molecule has 2 N–H and O–H groups in total. The smallest absolute Gasteiger partial charge is 0.346 e. The summed E-state index contributed by atoms with van der Waals surface area (Å²) in [5.41, 5.74) is 2.89. The third kappa shape index (κ3) is 3.07. The molecule has 3 heterocycles. The summed E-state index contributed by atoms with van der Waals surface area (Å²) in [6.07, 6.45) is 4.01. The normalized spacial score (nSPS) is 12.3. The lowest BCUT2D eigenvalue weighted by Crippen LogP contribution is -2.20. The molecule has 124 valence electrons. The van der Waals surface area contributed by atoms with Gasteiger partial charge in [0.25, 0.3) is 0 Å². The molecule has 7 heteroatoms. The van der Waals surface area contributed by atoms with Crippen molar-refractivity contribution in [3.8, 4) is 0 Å². The van der Waals surface area contributed by atoms with E-state index < -0.39 is 5.97 Å². The fraction of sp³-hybridized carbons (Fsp3) is 0.294. The van der Waals surface area contributed by atoms with Crippen LogP contribution in [-0.2, 0) is 6.42 Å². The molecular formula is C17H18N4O2S. The molecule has 3 aromatic heterocycles. The van der Waals surface area contributed by atoms with Crippen molar-refractivity contribution in [1.29, 1.82) is 0 Å². The van der Waals surface area contributed by atoms with Gasteiger partial charge in [-0.1, -0.05) is 6.07 Å². The summed E-state index contributed by atoms with van der Waals surface area (Å²) in [5.74, 6) is -0.263. The third-order valence-electron chi connectivity index (χ3n) is 3.92. The molecule has 6 nitrogen and oxygen atoms in total. The van der Waals surface area contributed by atoms with Crippen LogP contribution in [0.1, 0.15) is 33.4 Å². The van der Waals surface area contributed by atoms with Crippen molar-refractivity contribution >= 4 is 33.3 Å². The molecule has 0 bridgehead atoms. The standard InChI is InChI=1S/C17H18N4O2S/c1-9-5-4-6-18-12(9)7-10(2)21-15-13-11(3)14(17(22)23)24-16(13)20-8-19-15/h4-6,8,10H,7H2,1-3H3,(H,22,23)(H,19,20,21)/t10-/m1/s1. The van der Waals surface area contributed by atoms with Crippen molar-refractivity contribution in [3.63, 3.8) is 0 Å². The van der Waals surface area contributed by atoms with Gasteiger partial charge in [0.1, 0.15) is 21.9 Å². The Morgan fingerprint density at radius 2 is 2.12 bits per heavy atom. The van der Waals surface area contributed by atoms with Gasteiger partial charge in [-0.25, -0.2) is 14.8 Å². The number of rotatable bonds is 5. The van der Waals surface area contributed by atoms with Gasteiger partial charge in [0.05, 0.1) is 5.39 Å². The fourth-order valence-electron chi connectivity index (χ4n) is 2.69. The number of thiophene rings is 1. The summed E-state index contributed by atoms with van der Waals surface area (Å²) in [6.45, 7) is 5.90. The number of aromatic nitrogens is 3. The van der Waals surface area contributed by atoms with Gasteiger partial charge in [0.15, 0.2) is 0 Å². The molecule has 0 aliphatic heterocycles. The highest BCUT2D eigenvalue weighted by atomic mass is 32.1. The van der Waals surface area contributed by atoms with E-state index in [2.05, 4.69) is 27.2 Å². The first-order valence-electron chi connectivity index (χ1n) is 7.61. The predicted octanol–water partition coefficient (Wildman–Crippen LogP) is 3.44. The Labute approximate surface area is 143 Å². The Bertz CT molecular complexity index is 907. The minimum absolute atomic E-state index is 0.101. The maximum atomic E-state index is 11.3. The number of carboxylic acids is 1. The van der Waals surface area contributed by atoms with E-state index in [4.69, 9.17) is 0 Å². The number of carboxylic acid groups (broad SMARTS) is 1. The Balaban J connectivity index is 1.90. The molecule has 0 saturated heterocycles. The van der Waals surface area contributed by atoms with E-state index in [1.807, 2.05) is 19.1 Å². The molecule has 0 amide bonds. The number of aryl methyl sites for hydroxylation is 2. The van der Waals surface area contributed by atoms with E-state index in [0.29, 0.717) is 21.1 Å². The van der Waals surface area contributed by atoms with Crippen LogP contribution in [-0.4, -0.2) is 32.1 Å². The zero-order chi connectivity index (χ0) is 17.3. The van der Waals surface area contributed by atoms with Crippen LogP contribution >= 0.6 is 11.3 Å². The molecule has 1 atom stereocenters. The third-order valence-corrected chi connectivity index (χ3v) is 5.11. The zero-order valence-corrected chi connectivity index (χ0v) is 14.5. The second-order valence-corrected chi connectivity index (χ2v) is 6.78. The van der Waals surface area contributed by atoms with E-state index in [1.165, 1.54) is 17.7 Å². The maximum Gasteiger partial charge on any atom is 0.346 e. The van der Waals surface area contributed by atoms with Crippen molar-refractivity contribution in [3.05, 3.63) is 46.4 Å². The van der Waals surface area contributed by atoms with Gasteiger partial charge in [-0.05, 0) is 38.0 Å². The first-order valence-corrected chi connectivity index (χ1v) is 8.43. The van der Waals surface area contributed by atoms with Crippen LogP contribution in [0, 0.1) is 13.8 Å². The summed E-state index contributed by atoms with van der Waals surface area (Å²) in [6, 6.07) is 4.07. The van der Waals surface area contributed by atoms with Crippen LogP contribution in [0.3, 0.4) is 0 Å². The average Bonchev–Trinajstić information content (AvgIpc) is 2.88. The van der Waals surface area contributed by atoms with Gasteiger partial charge in [-0.3, -0.25) is 4.98 Å². The second kappa shape index (κ2) is 6.52. The maximum absolute atomic E-state index is 11.3. The van der Waals surface area contributed by atoms with Gasteiger partial charge in [-0.15, -0.1) is 11.3 Å². The Kier molecular flexibility index (Phi) is 4.44. The molecule has 0 saturated carbocycles. The molecule has 0 spiro atoms. The van der Waals surface area contributed by atoms with Crippen molar-refractivity contribution in [1.82, 2.24) is 15.0 Å². The molecule has 0 radical (unpaired) electrons. The number of carbonyl (C=O) groups is 1. The lowest BCUT2D eigenvalue weighted by atomic mass is 10.1. The fourth-order valence-corrected chi connectivity index (χ4v) is 3.68. The highest BCUT2D eigenvalue weighted by molar-refractivity contribution is 7.20. The molecular weight excluding hydrogens is 324 g/mol. The number of aromatic carboxylic acids is 1. The van der Waals surface area contributed by atoms with Crippen LogP contribution < -0.4 is 5.32 Å². The van der Waals surface area contributed by atoms with Crippen molar-refractivity contribution in [2.45, 2.75) is 33.2 Å². The summed E-state index contributed by atoms with van der Waals surface area (Å²) in [5, 5.41) is 13.5. The Hall–Kier alpha value is -2.54. The number of pyridine rings is 1. The van der Waals surface area contributed by atoms with Gasteiger partial charge < -0.3 is 10.4 Å². The topological polar surface area (TPSA) is 88.0 Å². The lowest BCUT2D eigenvalue weighted by Gasteiger charge is -2.16. The number of hydrogen-bond donors (Lipinski definition) is 2. The van der Waals surface area contributed by atoms with Crippen molar-refractivity contribution in [2.24, 2.45) is 0 Å². The highest BCUT2D eigenvalue weighted by Crippen LogP contribution is 2.33. The number of fused-ring (bicyclic) bond motifs is 1. The van der Waals surface area contributed by atoms with Crippen LogP contribution in [0.25, 0.3) is 10.2 Å². The monoisotopic (exact) mass is 342 g/mol. The molecule has 24 heavy (non-hydrogen) atoms. The van der Waals surface area contributed by atoms with Gasteiger partial charge in [0, 0.05) is 24.4 Å². The summed E-state index contributed by atoms with van der Waals surface area (Å²) in [7, 11) is 0. The molecule has 0 unspecified atom stereocenters. The van der Waals surface area contributed by atoms with Gasteiger partial charge in [-0.2, -0.15) is 0 Å². The van der Waals surface area contributed by atoms with Crippen LogP contribution in [0.15, 0.2) is 24.7 Å². The molecule has 0 aromatic carbocycles. The Morgan fingerprint density at radius 3 is 2.83 bits per heavy atom. The van der Waals surface area contributed by atoms with Crippen LogP contribution in [0.5, 0.6) is 0 Å². The lowest BCUT2D eigenvalue weighted by molar-refractivity contribution is 0.0701. The summed E-state index contributed by atoms with van der Waals surface area (Å²) >= 11 is 1.18. The molecule has 0 fully saturated rings. The van der Waals surface area contributed by atoms with E-state index in [0.717, 1.165) is 23.1 Å². The van der Waals surface area contributed by atoms with E-state index in [1.54, 1.807) is 13.1 Å². The minimum atomic E-state index is -0.932. The number of hydrogen-bond acceptors (Lipinski definition) is 6. The average molecular weight is 342 g/mol. The zero-order valence-electron chi connectivity index (χ0n) is 13.7. The summed E-state index contributed by atoms with van der Waals surface area (Å²) < 4.78 is 0. The molecule has 0 aliphatic carbocycles. The van der Waals surface area contributed by atoms with Gasteiger partial charge in [0.2, 0.25) is 0 Å². The predicted molar refractivity (Wildman–Crippen MR) is 94.9 cm³/mol. The molecule has 3 aromatic rings. The van der Waals surface area contributed by atoms with Crippen molar-refractivity contribution in [2.75, 3.05) is 5.32 Å². The first kappa shape index (κ1) is 16.3. The van der Waals surface area contributed by atoms with E-state index in [9.17, 15) is 9.90 Å². The quantitative estimate of drug-likeness (QED) is 0.738. The SMILES string of the molecule is Cc1cccnc1C[C@@H](C)Nc1ncnc2sc(C(=O)O)c(C)c12. The minimum Gasteiger partial charge on any atom is -0.477 e. The largest absolute Gasteiger partial charge is 0.477 e. The number of nitrogens with zero attached hydrogens (tertiary/aromatic N) is 3. The summed E-state index contributed by atoms with van der Waals surface area (Å²) in [4.78, 5) is 25.3. The van der Waals surface area contributed by atoms with E-state index in [-0.39, 0.29) is 6.04 Å². The Morgan fingerprint density at radius 1 is 1.33 bits per heavy atom. The number of nitrogens with one attached hydrogen (secondary N) is 1. The van der Waals surface area contributed by atoms with Crippen LogP contribution in [0.2, 0.25) is 0 Å². The van der Waals surface area contributed by atoms with Crippen LogP contribution in [0.4, 0.5) is 5.82 Å².